The molecule has 0 aliphatic carbocycles. The number of nitrogens with two attached hydrogens (primary N) is 1. The van der Waals surface area contributed by atoms with Gasteiger partial charge in [0.15, 0.2) is 18.1 Å². The van der Waals surface area contributed by atoms with E-state index >= 15 is 0 Å². The Morgan fingerprint density at radius 1 is 1.24 bits per heavy atom. The van der Waals surface area contributed by atoms with Gasteiger partial charge in [-0.25, -0.2) is 4.39 Å². The zero-order valence-corrected chi connectivity index (χ0v) is 19.0. The molecule has 0 saturated carbocycles. The first-order valence-corrected chi connectivity index (χ1v) is 10.5. The van der Waals surface area contributed by atoms with Gasteiger partial charge >= 0.3 is 0 Å². The van der Waals surface area contributed by atoms with Crippen LogP contribution in [0.25, 0.3) is 11.3 Å². The number of carbonyl (C=O) groups excluding carboxylic acids is 2. The van der Waals surface area contributed by atoms with E-state index in [1.165, 1.54) is 31.4 Å². The van der Waals surface area contributed by atoms with Gasteiger partial charge in [0.2, 0.25) is 0 Å². The monoisotopic (exact) mass is 474 g/mol. The minimum atomic E-state index is -0.659. The van der Waals surface area contributed by atoms with E-state index in [9.17, 15) is 14.0 Å². The zero-order valence-electron chi connectivity index (χ0n) is 18.2. The minimum absolute atomic E-state index is 0.134. The number of aromatic amines is 1. The third-order valence-electron chi connectivity index (χ3n) is 4.87. The van der Waals surface area contributed by atoms with E-state index in [2.05, 4.69) is 10.2 Å². The maximum absolute atomic E-state index is 13.4. The van der Waals surface area contributed by atoms with Crippen LogP contribution < -0.4 is 15.2 Å². The standard InChI is InChI=1S/C23H24ClFN4O4/c1-29(8-4-7-17-12-19(28-27-17)14-5-3-6-16(25)9-14)23(31)15-10-18(24)22(20(11-15)32-2)33-13-21(26)30/h3,5-6,9-12H,4,7-8,13H2,1-2H3,(H2,26,30)(H,27,28). The van der Waals surface area contributed by atoms with E-state index in [0.717, 1.165) is 5.69 Å². The van der Waals surface area contributed by atoms with Crippen LogP contribution in [0.3, 0.4) is 0 Å². The molecule has 0 aliphatic heterocycles. The van der Waals surface area contributed by atoms with Gasteiger partial charge in [-0.1, -0.05) is 23.7 Å². The van der Waals surface area contributed by atoms with E-state index in [1.54, 1.807) is 24.1 Å². The largest absolute Gasteiger partial charge is 0.493 e. The summed E-state index contributed by atoms with van der Waals surface area (Å²) in [6.07, 6.45) is 1.33. The Kier molecular flexibility index (Phi) is 7.89. The predicted octanol–water partition coefficient (Wildman–Crippen LogP) is 3.45. The number of methoxy groups -OCH3 is 1. The maximum Gasteiger partial charge on any atom is 0.255 e. The molecule has 33 heavy (non-hydrogen) atoms. The van der Waals surface area contributed by atoms with Crippen LogP contribution in [0.5, 0.6) is 11.5 Å². The number of hydrogen-bond acceptors (Lipinski definition) is 5. The van der Waals surface area contributed by atoms with Crippen LogP contribution in [0.1, 0.15) is 22.5 Å². The molecule has 8 nitrogen and oxygen atoms in total. The van der Waals surface area contributed by atoms with Crippen molar-refractivity contribution in [3.8, 4) is 22.8 Å². The summed E-state index contributed by atoms with van der Waals surface area (Å²) in [6, 6.07) is 11.1. The molecular weight excluding hydrogens is 451 g/mol. The number of nitrogens with zero attached hydrogens (tertiary/aromatic N) is 2. The van der Waals surface area contributed by atoms with Gasteiger partial charge in [0.25, 0.3) is 11.8 Å². The fraction of sp³-hybridized carbons (Fsp3) is 0.261. The lowest BCUT2D eigenvalue weighted by Crippen LogP contribution is -2.28. The first-order chi connectivity index (χ1) is 15.8. The van der Waals surface area contributed by atoms with Crippen LogP contribution in [0.4, 0.5) is 4.39 Å². The van der Waals surface area contributed by atoms with Gasteiger partial charge < -0.3 is 20.1 Å². The number of primary amides is 1. The highest BCUT2D eigenvalue weighted by Gasteiger charge is 2.19. The number of halogens is 2. The normalized spacial score (nSPS) is 10.7. The Balaban J connectivity index is 1.59. The highest BCUT2D eigenvalue weighted by Crippen LogP contribution is 2.36. The van der Waals surface area contributed by atoms with Crippen LogP contribution in [0, 0.1) is 5.82 Å². The molecule has 174 valence electrons. The van der Waals surface area contributed by atoms with Gasteiger partial charge in [0.05, 0.1) is 17.8 Å². The summed E-state index contributed by atoms with van der Waals surface area (Å²) in [5, 5.41) is 7.31. The Labute approximate surface area is 195 Å². The summed E-state index contributed by atoms with van der Waals surface area (Å²) in [5.41, 5.74) is 7.66. The number of carbonyl (C=O) groups is 2. The molecule has 0 spiro atoms. The fourth-order valence-electron chi connectivity index (χ4n) is 3.24. The lowest BCUT2D eigenvalue weighted by molar-refractivity contribution is -0.119. The summed E-state index contributed by atoms with van der Waals surface area (Å²) in [6.45, 7) is 0.116. The first-order valence-electron chi connectivity index (χ1n) is 10.1. The topological polar surface area (TPSA) is 111 Å². The Bertz CT molecular complexity index is 1150. The second-order valence-electron chi connectivity index (χ2n) is 7.36. The van der Waals surface area contributed by atoms with E-state index < -0.39 is 5.91 Å². The van der Waals surface area contributed by atoms with Crippen LogP contribution in [-0.4, -0.2) is 54.2 Å². The molecule has 3 N–H and O–H groups in total. The molecule has 0 fully saturated rings. The lowest BCUT2D eigenvalue weighted by Gasteiger charge is -2.19. The van der Waals surface area contributed by atoms with E-state index in [-0.39, 0.29) is 34.9 Å². The number of amides is 2. The zero-order chi connectivity index (χ0) is 24.0. The molecule has 3 rings (SSSR count). The summed E-state index contributed by atoms with van der Waals surface area (Å²) in [4.78, 5) is 25.4. The summed E-state index contributed by atoms with van der Waals surface area (Å²) in [7, 11) is 3.09. The van der Waals surface area contributed by atoms with Gasteiger partial charge in [-0.05, 0) is 43.2 Å². The van der Waals surface area contributed by atoms with E-state index in [1.807, 2.05) is 6.07 Å². The average Bonchev–Trinajstić information content (AvgIpc) is 3.26. The average molecular weight is 475 g/mol. The minimum Gasteiger partial charge on any atom is -0.493 e. The molecule has 0 unspecified atom stereocenters. The highest BCUT2D eigenvalue weighted by atomic mass is 35.5. The predicted molar refractivity (Wildman–Crippen MR) is 122 cm³/mol. The Hall–Kier alpha value is -3.59. The third kappa shape index (κ3) is 6.23. The number of benzene rings is 2. The van der Waals surface area contributed by atoms with Gasteiger partial charge in [0, 0.05) is 30.4 Å². The molecule has 0 atom stereocenters. The number of rotatable bonds is 10. The SMILES string of the molecule is COc1cc(C(=O)N(C)CCCc2cc(-c3cccc(F)c3)n[nH]2)cc(Cl)c1OCC(N)=O. The molecule has 0 bridgehead atoms. The fourth-order valence-corrected chi connectivity index (χ4v) is 3.51. The van der Waals surface area contributed by atoms with Crippen molar-refractivity contribution in [2.45, 2.75) is 12.8 Å². The van der Waals surface area contributed by atoms with Crippen molar-refractivity contribution in [1.29, 1.82) is 0 Å². The van der Waals surface area contributed by atoms with Crippen LogP contribution in [0.2, 0.25) is 5.02 Å². The number of aryl methyl sites for hydroxylation is 1. The van der Waals surface area contributed by atoms with Gasteiger partial charge in [-0.3, -0.25) is 14.7 Å². The molecule has 0 radical (unpaired) electrons. The summed E-state index contributed by atoms with van der Waals surface area (Å²) < 4.78 is 23.9. The van der Waals surface area contributed by atoms with E-state index in [0.29, 0.717) is 36.2 Å². The van der Waals surface area contributed by atoms with Crippen LogP contribution >= 0.6 is 11.6 Å². The lowest BCUT2D eigenvalue weighted by atomic mass is 10.1. The number of nitrogens with one attached hydrogen (secondary N) is 1. The molecule has 1 aromatic heterocycles. The smallest absolute Gasteiger partial charge is 0.255 e. The van der Waals surface area contributed by atoms with Gasteiger partial charge in [-0.2, -0.15) is 5.10 Å². The van der Waals surface area contributed by atoms with Crippen molar-refractivity contribution in [2.75, 3.05) is 27.3 Å². The van der Waals surface area contributed by atoms with Crippen LogP contribution in [0.15, 0.2) is 42.5 Å². The molecule has 10 heteroatoms. The molecule has 2 aromatic carbocycles. The molecule has 3 aromatic rings. The number of aromatic nitrogens is 2. The Morgan fingerprint density at radius 3 is 2.73 bits per heavy atom. The third-order valence-corrected chi connectivity index (χ3v) is 5.15. The van der Waals surface area contributed by atoms with Crippen molar-refractivity contribution >= 4 is 23.4 Å². The number of H-pyrrole nitrogens is 1. The number of ether oxygens (including phenoxy) is 2. The van der Waals surface area contributed by atoms with Crippen molar-refractivity contribution in [1.82, 2.24) is 15.1 Å². The summed E-state index contributed by atoms with van der Waals surface area (Å²) in [5.74, 6) is -0.857. The van der Waals surface area contributed by atoms with Crippen molar-refractivity contribution in [3.05, 3.63) is 64.6 Å². The Morgan fingerprint density at radius 2 is 2.03 bits per heavy atom. The number of hydrogen-bond donors (Lipinski definition) is 2. The molecule has 2 amide bonds. The van der Waals surface area contributed by atoms with Gasteiger partial charge in [0.1, 0.15) is 5.82 Å². The summed E-state index contributed by atoms with van der Waals surface area (Å²) >= 11 is 6.23. The first kappa shape index (κ1) is 24.1. The molecule has 0 aliphatic rings. The van der Waals surface area contributed by atoms with Crippen molar-refractivity contribution in [2.24, 2.45) is 5.73 Å². The quantitative estimate of drug-likeness (QED) is 0.467. The molecular formula is C23H24ClFN4O4. The highest BCUT2D eigenvalue weighted by molar-refractivity contribution is 6.32. The van der Waals surface area contributed by atoms with Crippen molar-refractivity contribution in [3.63, 3.8) is 0 Å². The molecule has 0 saturated heterocycles. The second-order valence-corrected chi connectivity index (χ2v) is 7.77. The second kappa shape index (κ2) is 10.8. The van der Waals surface area contributed by atoms with Crippen molar-refractivity contribution < 1.29 is 23.5 Å². The van der Waals surface area contributed by atoms with E-state index in [4.69, 9.17) is 26.8 Å². The molecule has 1 heterocycles. The van der Waals surface area contributed by atoms with Crippen LogP contribution in [-0.2, 0) is 11.2 Å². The maximum atomic E-state index is 13.4. The van der Waals surface area contributed by atoms with Gasteiger partial charge in [-0.15, -0.1) is 0 Å².